The van der Waals surface area contributed by atoms with Crippen molar-refractivity contribution in [3.05, 3.63) is 0 Å². The van der Waals surface area contributed by atoms with Crippen molar-refractivity contribution >= 4 is 16.2 Å². The van der Waals surface area contributed by atoms with Gasteiger partial charge in [-0.25, -0.2) is 0 Å². The van der Waals surface area contributed by atoms with Gasteiger partial charge < -0.3 is 33.5 Å². The maximum Gasteiger partial charge on any atom is 0.394 e. The molecule has 0 fully saturated rings. The fraction of sp³-hybridized carbons (Fsp3) is 0.933. The molecule has 0 heterocycles. The normalized spacial score (nSPS) is 8.88. The summed E-state index contributed by atoms with van der Waals surface area (Å²) in [5.41, 5.74) is 22.5. The summed E-state index contributed by atoms with van der Waals surface area (Å²) in [5.74, 6) is 1.16. The van der Waals surface area contributed by atoms with E-state index in [4.69, 9.17) is 17.5 Å². The average molecular weight is 410 g/mol. The van der Waals surface area contributed by atoms with Gasteiger partial charge in [-0.05, 0) is 54.5 Å². The van der Waals surface area contributed by atoms with E-state index < -0.39 is 10.4 Å². The lowest BCUT2D eigenvalue weighted by atomic mass is 10.0. The minimum Gasteiger partial charge on any atom is -0.333 e. The summed E-state index contributed by atoms with van der Waals surface area (Å²) in [4.78, 5) is 10.6. The van der Waals surface area contributed by atoms with Crippen molar-refractivity contribution < 1.29 is 22.3 Å². The highest BCUT2D eigenvalue weighted by Crippen LogP contribution is 2.11. The topological polar surface area (TPSA) is 222 Å². The molecule has 168 valence electrons. The molecule has 0 aliphatic rings. The van der Waals surface area contributed by atoms with E-state index in [0.717, 1.165) is 18.8 Å². The Hall–Kier alpha value is -0.660. The molecule has 0 aromatic heterocycles. The first-order valence-corrected chi connectivity index (χ1v) is 9.64. The third kappa shape index (κ3) is 167. The lowest BCUT2D eigenvalue weighted by Gasteiger charge is -2.06. The molecule has 0 aliphatic heterocycles. The molecule has 26 heavy (non-hydrogen) atoms. The number of rotatable bonds is 6. The van der Waals surface area contributed by atoms with Gasteiger partial charge >= 0.3 is 10.4 Å². The second-order valence-corrected chi connectivity index (χ2v) is 4.80. The second kappa shape index (κ2) is 49.7. The Bertz CT molecular complexity index is 284. The number of ketones is 1. The predicted molar refractivity (Wildman–Crippen MR) is 113 cm³/mol. The van der Waals surface area contributed by atoms with Gasteiger partial charge in [0.05, 0.1) is 0 Å². The number of unbranched alkanes of at least 4 members (excludes halogenated alkanes) is 1. The summed E-state index contributed by atoms with van der Waals surface area (Å²) in [7, 11) is 2.83. The zero-order chi connectivity index (χ0) is 23.2. The molecule has 0 aromatic rings. The van der Waals surface area contributed by atoms with Gasteiger partial charge in [0, 0.05) is 6.42 Å². The lowest BCUT2D eigenvalue weighted by molar-refractivity contribution is -0.117. The van der Waals surface area contributed by atoms with Crippen LogP contribution in [-0.2, 0) is 15.2 Å². The van der Waals surface area contributed by atoms with Crippen LogP contribution in [0.25, 0.3) is 0 Å². The molecule has 0 aromatic carbocycles. The van der Waals surface area contributed by atoms with E-state index in [9.17, 15) is 4.79 Å². The van der Waals surface area contributed by atoms with Crippen LogP contribution in [0.2, 0.25) is 0 Å². The Morgan fingerprint density at radius 1 is 0.846 bits per heavy atom. The van der Waals surface area contributed by atoms with Crippen molar-refractivity contribution in [3.8, 4) is 0 Å². The third-order valence-corrected chi connectivity index (χ3v) is 2.17. The maximum atomic E-state index is 10.6. The molecule has 0 amide bonds. The third-order valence-electron chi connectivity index (χ3n) is 2.17. The lowest BCUT2D eigenvalue weighted by Crippen LogP contribution is -1.94. The number of carbonyl (C=O) groups is 1. The van der Waals surface area contributed by atoms with E-state index in [0.29, 0.717) is 5.78 Å². The maximum absolute atomic E-state index is 10.6. The number of hydrogen-bond donors (Lipinski definition) is 7. The van der Waals surface area contributed by atoms with Crippen LogP contribution in [0.3, 0.4) is 0 Å². The highest BCUT2D eigenvalue weighted by molar-refractivity contribution is 7.79. The van der Waals surface area contributed by atoms with Gasteiger partial charge in [-0.1, -0.05) is 33.1 Å². The molecule has 1 unspecified atom stereocenters. The number of nitrogens with two attached hydrogens (primary N) is 5. The minimum atomic E-state index is -4.67. The van der Waals surface area contributed by atoms with Gasteiger partial charge in [-0.15, -0.1) is 0 Å². The Morgan fingerprint density at radius 3 is 1.31 bits per heavy atom. The highest BCUT2D eigenvalue weighted by atomic mass is 32.3. The second-order valence-electron chi connectivity index (χ2n) is 3.91. The summed E-state index contributed by atoms with van der Waals surface area (Å²) in [6, 6.07) is 0. The monoisotopic (exact) mass is 409 g/mol. The Balaban J connectivity index is -0.0000000405. The van der Waals surface area contributed by atoms with Gasteiger partial charge in [0.25, 0.3) is 0 Å². The van der Waals surface area contributed by atoms with E-state index in [1.165, 1.54) is 54.5 Å². The van der Waals surface area contributed by atoms with Gasteiger partial charge in [0.15, 0.2) is 0 Å². The fourth-order valence-electron chi connectivity index (χ4n) is 1.07. The first kappa shape index (κ1) is 44.6. The summed E-state index contributed by atoms with van der Waals surface area (Å²) < 4.78 is 31.6. The molecule has 12 N–H and O–H groups in total. The number of hydrogen-bond acceptors (Lipinski definition) is 8. The van der Waals surface area contributed by atoms with E-state index in [1.54, 1.807) is 6.92 Å². The van der Waals surface area contributed by atoms with Crippen molar-refractivity contribution in [2.45, 2.75) is 52.9 Å². The van der Waals surface area contributed by atoms with Crippen LogP contribution in [-0.4, -0.2) is 58.5 Å². The van der Waals surface area contributed by atoms with Crippen molar-refractivity contribution in [2.24, 2.45) is 34.6 Å². The van der Waals surface area contributed by atoms with Crippen LogP contribution >= 0.6 is 0 Å². The smallest absolute Gasteiger partial charge is 0.333 e. The molecule has 1 atom stereocenters. The summed E-state index contributed by atoms with van der Waals surface area (Å²) in [5, 5.41) is 0. The van der Waals surface area contributed by atoms with Crippen LogP contribution in [0.15, 0.2) is 0 Å². The summed E-state index contributed by atoms with van der Waals surface area (Å²) >= 11 is 0. The molecular weight excluding hydrogens is 362 g/mol. The molecular formula is C15H47N5O5S. The largest absolute Gasteiger partial charge is 0.394 e. The van der Waals surface area contributed by atoms with E-state index in [1.807, 2.05) is 0 Å². The zero-order valence-electron chi connectivity index (χ0n) is 18.0. The average Bonchev–Trinajstić information content (AvgIpc) is 2.65. The molecule has 0 bridgehead atoms. The van der Waals surface area contributed by atoms with Crippen molar-refractivity contribution in [1.29, 1.82) is 0 Å². The fourth-order valence-corrected chi connectivity index (χ4v) is 1.07. The van der Waals surface area contributed by atoms with E-state index in [-0.39, 0.29) is 0 Å². The minimum absolute atomic E-state index is 0.328. The van der Waals surface area contributed by atoms with Gasteiger partial charge in [0.2, 0.25) is 0 Å². The molecule has 0 saturated heterocycles. The molecule has 10 nitrogen and oxygen atoms in total. The molecule has 0 radical (unpaired) electrons. The highest BCUT2D eigenvalue weighted by Gasteiger charge is 1.98. The number of carbonyl (C=O) groups excluding carboxylic acids is 1. The number of Topliss-reactive ketones (excluding diaryl/α,β-unsaturated/α-hetero) is 1. The molecule has 0 spiro atoms. The van der Waals surface area contributed by atoms with Gasteiger partial charge in [-0.2, -0.15) is 8.42 Å². The molecule has 0 saturated carbocycles. The van der Waals surface area contributed by atoms with Crippen molar-refractivity contribution in [1.82, 2.24) is 0 Å². The van der Waals surface area contributed by atoms with Crippen LogP contribution in [0.1, 0.15) is 52.9 Å². The van der Waals surface area contributed by atoms with Gasteiger partial charge in [0.1, 0.15) is 5.78 Å². The molecule has 11 heteroatoms. The molecule has 0 aliphatic carbocycles. The van der Waals surface area contributed by atoms with E-state index in [2.05, 4.69) is 42.5 Å². The van der Waals surface area contributed by atoms with Crippen LogP contribution in [0.4, 0.5) is 0 Å². The quantitative estimate of drug-likeness (QED) is 0.236. The standard InChI is InChI=1S/C10H20O.5CH5N.H2O4S/c1-4-9(2)7-5-6-8-10(3)11;5*1-2;1-5(2,3)4/h9H,4-8H2,1-3H3;5*2H2,1H3;(H2,1,2,3,4). The predicted octanol–water partition coefficient (Wildman–Crippen LogP) is 0.404. The Morgan fingerprint density at radius 2 is 1.12 bits per heavy atom. The Labute approximate surface area is 161 Å². The SMILES string of the molecule is CCC(C)CCCCC(C)=O.CN.CN.CN.CN.CN.O=S(=O)(O)O. The van der Waals surface area contributed by atoms with Crippen LogP contribution in [0, 0.1) is 5.92 Å². The van der Waals surface area contributed by atoms with Crippen molar-refractivity contribution in [3.63, 3.8) is 0 Å². The molecule has 0 rings (SSSR count). The zero-order valence-corrected chi connectivity index (χ0v) is 18.8. The van der Waals surface area contributed by atoms with Crippen LogP contribution in [0.5, 0.6) is 0 Å². The van der Waals surface area contributed by atoms with Crippen molar-refractivity contribution in [2.75, 3.05) is 35.2 Å². The van der Waals surface area contributed by atoms with E-state index >= 15 is 0 Å². The van der Waals surface area contributed by atoms with Crippen LogP contribution < -0.4 is 28.7 Å². The first-order chi connectivity index (χ1) is 12.2. The Kier molecular flexibility index (Phi) is 85.2. The summed E-state index contributed by atoms with van der Waals surface area (Å²) in [6.45, 7) is 6.16. The van der Waals surface area contributed by atoms with Gasteiger partial charge in [-0.3, -0.25) is 9.11 Å². The summed E-state index contributed by atoms with van der Waals surface area (Å²) in [6.07, 6.45) is 5.62. The first-order valence-electron chi connectivity index (χ1n) is 8.24.